The van der Waals surface area contributed by atoms with Gasteiger partial charge in [-0.15, -0.1) is 5.54 Å². The number of hydrogen-bond acceptors (Lipinski definition) is 2. The van der Waals surface area contributed by atoms with Gasteiger partial charge in [0.05, 0.1) is 0 Å². The Morgan fingerprint density at radius 3 is 2.06 bits per heavy atom. The molecule has 102 valence electrons. The third kappa shape index (κ3) is 6.66. The van der Waals surface area contributed by atoms with E-state index in [-0.39, 0.29) is 5.97 Å². The molecule has 0 radical (unpaired) electrons. The second-order valence-electron chi connectivity index (χ2n) is 5.48. The minimum Gasteiger partial charge on any atom is -0.457 e. The summed E-state index contributed by atoms with van der Waals surface area (Å²) < 4.78 is 5.17. The van der Waals surface area contributed by atoms with Crippen LogP contribution in [0.25, 0.3) is 0 Å². The lowest BCUT2D eigenvalue weighted by molar-refractivity contribution is -0.148. The van der Waals surface area contributed by atoms with Gasteiger partial charge in [0.1, 0.15) is 13.7 Å². The van der Waals surface area contributed by atoms with Crippen LogP contribution in [0.4, 0.5) is 0 Å². The van der Waals surface area contributed by atoms with Crippen LogP contribution in [0.15, 0.2) is 12.2 Å². The van der Waals surface area contributed by atoms with Gasteiger partial charge in [0, 0.05) is 6.08 Å². The fourth-order valence-electron chi connectivity index (χ4n) is 1.66. The highest BCUT2D eigenvalue weighted by atomic mass is 28.3. The van der Waals surface area contributed by atoms with Crippen LogP contribution in [0.1, 0.15) is 41.5 Å². The zero-order chi connectivity index (χ0) is 14.2. The number of hydrogen-bond donors (Lipinski definition) is 0. The van der Waals surface area contributed by atoms with Crippen LogP contribution in [-0.4, -0.2) is 19.6 Å². The smallest absolute Gasteiger partial charge is 0.331 e. The Morgan fingerprint density at radius 2 is 1.67 bits per heavy atom. The maximum absolute atomic E-state index is 11.4. The fourth-order valence-corrected chi connectivity index (χ4v) is 4.08. The Morgan fingerprint density at radius 1 is 1.17 bits per heavy atom. The van der Waals surface area contributed by atoms with Crippen molar-refractivity contribution in [3.8, 4) is 11.5 Å². The predicted molar refractivity (Wildman–Crippen MR) is 80.0 cm³/mol. The Bertz CT molecular complexity index is 341. The molecule has 0 spiro atoms. The van der Waals surface area contributed by atoms with E-state index in [9.17, 15) is 4.79 Å². The molecule has 0 aliphatic rings. The summed E-state index contributed by atoms with van der Waals surface area (Å²) in [7, 11) is -1.40. The van der Waals surface area contributed by atoms with Crippen molar-refractivity contribution in [2.24, 2.45) is 0 Å². The van der Waals surface area contributed by atoms with Crippen molar-refractivity contribution in [3.05, 3.63) is 12.2 Å². The predicted octanol–water partition coefficient (Wildman–Crippen LogP) is 3.94. The highest BCUT2D eigenvalue weighted by Gasteiger charge is 2.23. The third-order valence-electron chi connectivity index (χ3n) is 3.08. The molecule has 0 fully saturated rings. The standard InChI is InChI=1S/C15H26O2Si/c1-7-18(8-2,9-3)13-11-10-12-14(16)17-15(4,5)6/h10,12H,7-9H2,1-6H3/b12-10+. The van der Waals surface area contributed by atoms with Gasteiger partial charge >= 0.3 is 5.97 Å². The van der Waals surface area contributed by atoms with Crippen molar-refractivity contribution in [2.75, 3.05) is 0 Å². The van der Waals surface area contributed by atoms with Crippen LogP contribution >= 0.6 is 0 Å². The molecule has 0 aromatic carbocycles. The summed E-state index contributed by atoms with van der Waals surface area (Å²) in [5.74, 6) is 2.70. The second kappa shape index (κ2) is 7.43. The first-order valence-corrected chi connectivity index (χ1v) is 9.33. The van der Waals surface area contributed by atoms with Crippen molar-refractivity contribution >= 4 is 14.0 Å². The lowest BCUT2D eigenvalue weighted by Gasteiger charge is -2.19. The van der Waals surface area contributed by atoms with E-state index in [0.29, 0.717) is 0 Å². The fraction of sp³-hybridized carbons (Fsp3) is 0.667. The first-order valence-electron chi connectivity index (χ1n) is 6.71. The van der Waals surface area contributed by atoms with Crippen LogP contribution in [0.3, 0.4) is 0 Å². The van der Waals surface area contributed by atoms with Crippen molar-refractivity contribution in [2.45, 2.75) is 65.3 Å². The first kappa shape index (κ1) is 17.0. The molecule has 0 aliphatic carbocycles. The average Bonchev–Trinajstić information content (AvgIpc) is 2.28. The van der Waals surface area contributed by atoms with Gasteiger partial charge in [0.25, 0.3) is 0 Å². The number of carbonyl (C=O) groups is 1. The maximum atomic E-state index is 11.4. The lowest BCUT2D eigenvalue weighted by atomic mass is 10.2. The molecular weight excluding hydrogens is 240 g/mol. The van der Waals surface area contributed by atoms with Crippen LogP contribution in [0, 0.1) is 11.5 Å². The van der Waals surface area contributed by atoms with E-state index < -0.39 is 13.7 Å². The van der Waals surface area contributed by atoms with E-state index in [1.807, 2.05) is 20.8 Å². The molecule has 3 heteroatoms. The quantitative estimate of drug-likeness (QED) is 0.333. The Balaban J connectivity index is 4.53. The van der Waals surface area contributed by atoms with Gasteiger partial charge in [0.15, 0.2) is 0 Å². The van der Waals surface area contributed by atoms with Crippen molar-refractivity contribution in [3.63, 3.8) is 0 Å². The second-order valence-corrected chi connectivity index (χ2v) is 10.4. The number of carbonyl (C=O) groups excluding carboxylic acids is 1. The van der Waals surface area contributed by atoms with Gasteiger partial charge in [0.2, 0.25) is 0 Å². The van der Waals surface area contributed by atoms with Gasteiger partial charge in [-0.05, 0) is 45.0 Å². The summed E-state index contributed by atoms with van der Waals surface area (Å²) in [4.78, 5) is 11.4. The molecule has 0 bridgehead atoms. The number of esters is 1. The van der Waals surface area contributed by atoms with Gasteiger partial charge < -0.3 is 4.74 Å². The van der Waals surface area contributed by atoms with Crippen molar-refractivity contribution in [1.29, 1.82) is 0 Å². The van der Waals surface area contributed by atoms with E-state index in [4.69, 9.17) is 4.74 Å². The summed E-state index contributed by atoms with van der Waals surface area (Å²) >= 11 is 0. The molecule has 0 atom stereocenters. The van der Waals surface area contributed by atoms with E-state index in [1.54, 1.807) is 6.08 Å². The lowest BCUT2D eigenvalue weighted by Crippen LogP contribution is -2.29. The van der Waals surface area contributed by atoms with E-state index in [0.717, 1.165) is 0 Å². The van der Waals surface area contributed by atoms with Gasteiger partial charge in [-0.1, -0.05) is 26.7 Å². The topological polar surface area (TPSA) is 26.3 Å². The zero-order valence-electron chi connectivity index (χ0n) is 12.6. The molecule has 0 aliphatic heterocycles. The Hall–Kier alpha value is -1.01. The highest BCUT2D eigenvalue weighted by Crippen LogP contribution is 2.18. The van der Waals surface area contributed by atoms with E-state index >= 15 is 0 Å². The van der Waals surface area contributed by atoms with Gasteiger partial charge in [-0.3, -0.25) is 0 Å². The average molecular weight is 266 g/mol. The summed E-state index contributed by atoms with van der Waals surface area (Å²) in [5, 5.41) is 0. The molecule has 0 aromatic heterocycles. The molecule has 0 unspecified atom stereocenters. The Labute approximate surface area is 113 Å². The number of allylic oxidation sites excluding steroid dienone is 1. The summed E-state index contributed by atoms with van der Waals surface area (Å²) in [6.45, 7) is 12.2. The molecule has 2 nitrogen and oxygen atoms in total. The summed E-state index contributed by atoms with van der Waals surface area (Å²) in [6, 6.07) is 3.52. The van der Waals surface area contributed by atoms with E-state index in [1.165, 1.54) is 24.2 Å². The number of ether oxygens (including phenoxy) is 1. The maximum Gasteiger partial charge on any atom is 0.331 e. The minimum absolute atomic E-state index is 0.325. The monoisotopic (exact) mass is 266 g/mol. The normalized spacial score (nSPS) is 12.1. The highest BCUT2D eigenvalue weighted by molar-refractivity contribution is 6.87. The van der Waals surface area contributed by atoms with Gasteiger partial charge in [-0.2, -0.15) is 0 Å². The van der Waals surface area contributed by atoms with Crippen LogP contribution in [0.2, 0.25) is 18.1 Å². The van der Waals surface area contributed by atoms with Crippen molar-refractivity contribution in [1.82, 2.24) is 0 Å². The summed E-state index contributed by atoms with van der Waals surface area (Å²) in [5.41, 5.74) is 2.95. The van der Waals surface area contributed by atoms with E-state index in [2.05, 4.69) is 32.2 Å². The molecule has 0 amide bonds. The molecular formula is C15H26O2Si. The molecule has 0 saturated heterocycles. The van der Waals surface area contributed by atoms with Gasteiger partial charge in [-0.25, -0.2) is 4.79 Å². The third-order valence-corrected chi connectivity index (χ3v) is 7.81. The molecule has 0 rings (SSSR count). The molecule has 0 heterocycles. The number of rotatable bonds is 4. The van der Waals surface area contributed by atoms with Crippen LogP contribution < -0.4 is 0 Å². The zero-order valence-corrected chi connectivity index (χ0v) is 13.6. The Kier molecular flexibility index (Phi) is 7.01. The van der Waals surface area contributed by atoms with Crippen LogP contribution in [0.5, 0.6) is 0 Å². The molecule has 0 saturated carbocycles. The van der Waals surface area contributed by atoms with Crippen LogP contribution in [-0.2, 0) is 9.53 Å². The first-order chi connectivity index (χ1) is 8.28. The largest absolute Gasteiger partial charge is 0.457 e. The van der Waals surface area contributed by atoms with Crippen molar-refractivity contribution < 1.29 is 9.53 Å². The minimum atomic E-state index is -1.40. The summed E-state index contributed by atoms with van der Waals surface area (Å²) in [6.07, 6.45) is 3.04. The molecule has 18 heavy (non-hydrogen) atoms. The molecule has 0 N–H and O–H groups in total. The SMILES string of the molecule is CC[Si](C#C/C=C/C(=O)OC(C)(C)C)(CC)CC. The molecule has 0 aromatic rings.